The molecule has 3 saturated heterocycles. The lowest BCUT2D eigenvalue weighted by Gasteiger charge is -2.50. The second-order valence-electron chi connectivity index (χ2n) is 12.2. The highest BCUT2D eigenvalue weighted by atomic mass is 79.9. The van der Waals surface area contributed by atoms with Crippen molar-refractivity contribution >= 4 is 85.7 Å². The maximum Gasteiger partial charge on any atom is 0.254 e. The highest BCUT2D eigenvalue weighted by Gasteiger charge is 2.76. The number of halogens is 4. The highest BCUT2D eigenvalue weighted by Crippen LogP contribution is 2.66. The summed E-state index contributed by atoms with van der Waals surface area (Å²) in [6, 6.07) is 10.3. The van der Waals surface area contributed by atoms with E-state index in [1.807, 2.05) is 18.2 Å². The molecule has 46 heavy (non-hydrogen) atoms. The number of hydrogen-bond donors (Lipinski definition) is 1. The third kappa shape index (κ3) is 4.31. The van der Waals surface area contributed by atoms with Gasteiger partial charge < -0.3 is 19.5 Å². The van der Waals surface area contributed by atoms with Crippen LogP contribution in [0.1, 0.15) is 24.3 Å². The van der Waals surface area contributed by atoms with E-state index in [0.717, 1.165) is 23.7 Å². The van der Waals surface area contributed by atoms with Gasteiger partial charge >= 0.3 is 0 Å². The molecule has 2 aliphatic carbocycles. The van der Waals surface area contributed by atoms with Crippen LogP contribution < -0.4 is 14.5 Å². The van der Waals surface area contributed by atoms with Crippen LogP contribution >= 0.6 is 50.7 Å². The Kier molecular flexibility index (Phi) is 7.87. The molecule has 4 fully saturated rings. The summed E-state index contributed by atoms with van der Waals surface area (Å²) in [5.41, 5.74) is 2.27. The number of carbonyl (C=O) groups excluding carboxylic acids is 4. The number of alkyl halides is 3. The first kappa shape index (κ1) is 31.8. The molecule has 4 amide bonds. The van der Waals surface area contributed by atoms with Crippen LogP contribution in [0.3, 0.4) is 0 Å². The quantitative estimate of drug-likeness (QED) is 0.201. The van der Waals surface area contributed by atoms with E-state index in [9.17, 15) is 24.3 Å². The number of carbonyl (C=O) groups is 4. The van der Waals surface area contributed by atoms with Gasteiger partial charge in [-0.05, 0) is 60.7 Å². The summed E-state index contributed by atoms with van der Waals surface area (Å²) in [6.45, 7) is 2.75. The molecule has 5 aliphatic rings. The van der Waals surface area contributed by atoms with Gasteiger partial charge in [0.15, 0.2) is 21.2 Å². The van der Waals surface area contributed by atoms with Crippen LogP contribution in [0.15, 0.2) is 48.0 Å². The maximum atomic E-state index is 14.3. The minimum absolute atomic E-state index is 0.0345. The monoisotopic (exact) mass is 751 g/mol. The lowest BCUT2D eigenvalue weighted by Crippen LogP contribution is -2.60. The third-order valence-corrected chi connectivity index (χ3v) is 12.3. The Bertz CT molecular complexity index is 1700. The minimum atomic E-state index is -2.00. The molecular formula is C32H29BrCl3N3O7. The number of imide groups is 2. The summed E-state index contributed by atoms with van der Waals surface area (Å²) >= 11 is 24.2. The molecule has 3 aliphatic heterocycles. The number of hydrogen-bond acceptors (Lipinski definition) is 8. The Hall–Kier alpha value is -2.83. The van der Waals surface area contributed by atoms with Gasteiger partial charge in [-0.25, -0.2) is 0 Å². The first-order chi connectivity index (χ1) is 22.0. The largest absolute Gasteiger partial charge is 0.503 e. The second-order valence-corrected chi connectivity index (χ2v) is 14.3. The molecular weight excluding hydrogens is 725 g/mol. The number of rotatable bonds is 5. The van der Waals surface area contributed by atoms with E-state index >= 15 is 0 Å². The molecule has 1 N–H and O–H groups in total. The van der Waals surface area contributed by atoms with E-state index in [1.165, 1.54) is 24.1 Å². The number of phenols is 1. The molecule has 6 unspecified atom stereocenters. The number of anilines is 2. The maximum absolute atomic E-state index is 14.3. The Morgan fingerprint density at radius 1 is 1.00 bits per heavy atom. The summed E-state index contributed by atoms with van der Waals surface area (Å²) in [5, 5.41) is 10.4. The Morgan fingerprint density at radius 3 is 2.33 bits per heavy atom. The summed E-state index contributed by atoms with van der Waals surface area (Å²) in [4.78, 5) is 56.5. The standard InChI is InChI=1S/C32H29BrCl3N3O7/c1-45-23-13-16(12-22(34)26(23)40)25-19-6-7-20-24(21(19)14-31(35)29(43)38(15-33)30(44)32(25,31)36)28(42)39(27(20)41)18-4-2-17(3-5-18)37-8-10-46-11-9-37/h2-6,12-13,20-21,24-25,40H,7-11,14-15H2,1H3. The van der Waals surface area contributed by atoms with Gasteiger partial charge in [-0.2, -0.15) is 0 Å². The SMILES string of the molecule is COc1cc(C2C3=CCC4C(=O)N(c5ccc(N6CCOCC6)cc5)C(=O)C4C3CC3(Cl)C(=O)N(CBr)C(=O)C23Cl)cc(Cl)c1O. The zero-order valence-corrected chi connectivity index (χ0v) is 28.4. The number of amides is 4. The summed E-state index contributed by atoms with van der Waals surface area (Å²) in [5.74, 6) is -5.68. The molecule has 2 aromatic carbocycles. The number of benzene rings is 2. The number of allylic oxidation sites excluding steroid dienone is 2. The molecule has 0 spiro atoms. The second kappa shape index (κ2) is 11.4. The molecule has 14 heteroatoms. The van der Waals surface area contributed by atoms with Crippen molar-refractivity contribution in [1.29, 1.82) is 0 Å². The van der Waals surface area contributed by atoms with Crippen LogP contribution in [0, 0.1) is 17.8 Å². The Morgan fingerprint density at radius 2 is 1.67 bits per heavy atom. The molecule has 2 aromatic rings. The zero-order chi connectivity index (χ0) is 32.7. The van der Waals surface area contributed by atoms with Crippen LogP contribution in [0.25, 0.3) is 0 Å². The third-order valence-electron chi connectivity index (χ3n) is 10.1. The first-order valence-electron chi connectivity index (χ1n) is 14.8. The van der Waals surface area contributed by atoms with Gasteiger partial charge in [0.2, 0.25) is 11.8 Å². The van der Waals surface area contributed by atoms with Crippen molar-refractivity contribution in [3.8, 4) is 11.5 Å². The molecule has 10 nitrogen and oxygen atoms in total. The van der Waals surface area contributed by atoms with Gasteiger partial charge in [0.05, 0.1) is 48.3 Å². The van der Waals surface area contributed by atoms with E-state index in [4.69, 9.17) is 44.3 Å². The minimum Gasteiger partial charge on any atom is -0.503 e. The summed E-state index contributed by atoms with van der Waals surface area (Å²) in [7, 11) is 1.35. The Labute approximate surface area is 288 Å². The van der Waals surface area contributed by atoms with Gasteiger partial charge in [0, 0.05) is 24.7 Å². The van der Waals surface area contributed by atoms with Crippen molar-refractivity contribution < 1.29 is 33.8 Å². The molecule has 1 saturated carbocycles. The fourth-order valence-electron chi connectivity index (χ4n) is 7.93. The Balaban J connectivity index is 1.31. The number of fused-ring (bicyclic) bond motifs is 4. The van der Waals surface area contributed by atoms with Crippen molar-refractivity contribution in [3.63, 3.8) is 0 Å². The van der Waals surface area contributed by atoms with E-state index in [0.29, 0.717) is 30.0 Å². The number of aromatic hydroxyl groups is 1. The van der Waals surface area contributed by atoms with Crippen LogP contribution in [0.4, 0.5) is 11.4 Å². The molecule has 0 radical (unpaired) electrons. The molecule has 7 rings (SSSR count). The van der Waals surface area contributed by atoms with Gasteiger partial charge in [-0.3, -0.25) is 29.0 Å². The smallest absolute Gasteiger partial charge is 0.254 e. The normalized spacial score (nSPS) is 32.4. The predicted octanol–water partition coefficient (Wildman–Crippen LogP) is 4.81. The van der Waals surface area contributed by atoms with Gasteiger partial charge in [0.25, 0.3) is 11.8 Å². The fraction of sp³-hybridized carbons (Fsp3) is 0.438. The van der Waals surface area contributed by atoms with Crippen molar-refractivity contribution in [3.05, 3.63) is 58.6 Å². The molecule has 0 bridgehead atoms. The van der Waals surface area contributed by atoms with Crippen molar-refractivity contribution in [2.75, 3.05) is 48.7 Å². The average Bonchev–Trinajstić information content (AvgIpc) is 3.40. The summed E-state index contributed by atoms with van der Waals surface area (Å²) in [6.07, 6.45) is 1.92. The molecule has 6 atom stereocenters. The predicted molar refractivity (Wildman–Crippen MR) is 175 cm³/mol. The van der Waals surface area contributed by atoms with Crippen LogP contribution in [-0.4, -0.2) is 82.3 Å². The number of phenolic OH excluding ortho intramolecular Hbond substituents is 1. The fourth-order valence-corrected chi connectivity index (χ4v) is 9.58. The van der Waals surface area contributed by atoms with E-state index in [-0.39, 0.29) is 40.7 Å². The number of morpholine rings is 1. The van der Waals surface area contributed by atoms with Gasteiger partial charge in [0.1, 0.15) is 0 Å². The van der Waals surface area contributed by atoms with Crippen LogP contribution in [-0.2, 0) is 23.9 Å². The lowest BCUT2D eigenvalue weighted by atomic mass is 9.56. The first-order valence-corrected chi connectivity index (χ1v) is 17.1. The number of ether oxygens (including phenoxy) is 2. The van der Waals surface area contributed by atoms with Gasteiger partial charge in [-0.15, -0.1) is 23.2 Å². The molecule has 0 aromatic heterocycles. The van der Waals surface area contributed by atoms with Gasteiger partial charge in [-0.1, -0.05) is 39.2 Å². The number of methoxy groups -OCH3 is 1. The number of nitrogens with zero attached hydrogens (tertiary/aromatic N) is 3. The van der Waals surface area contributed by atoms with Crippen molar-refractivity contribution in [2.24, 2.45) is 17.8 Å². The number of likely N-dealkylation sites (tertiary alicyclic amines) is 1. The average molecular weight is 754 g/mol. The van der Waals surface area contributed by atoms with Crippen LogP contribution in [0.5, 0.6) is 11.5 Å². The van der Waals surface area contributed by atoms with E-state index in [2.05, 4.69) is 20.8 Å². The van der Waals surface area contributed by atoms with E-state index < -0.39 is 51.1 Å². The highest BCUT2D eigenvalue weighted by molar-refractivity contribution is 9.09. The molecule has 3 heterocycles. The van der Waals surface area contributed by atoms with Crippen molar-refractivity contribution in [1.82, 2.24) is 4.90 Å². The topological polar surface area (TPSA) is 117 Å². The van der Waals surface area contributed by atoms with E-state index in [1.54, 1.807) is 12.1 Å². The van der Waals surface area contributed by atoms with Crippen LogP contribution in [0.2, 0.25) is 5.02 Å². The van der Waals surface area contributed by atoms with Crippen molar-refractivity contribution in [2.45, 2.75) is 28.5 Å². The molecule has 242 valence electrons. The lowest BCUT2D eigenvalue weighted by molar-refractivity contribution is -0.138. The zero-order valence-electron chi connectivity index (χ0n) is 24.6. The summed E-state index contributed by atoms with van der Waals surface area (Å²) < 4.78 is 10.8.